The number of piperidine rings is 2. The van der Waals surface area contributed by atoms with Gasteiger partial charge in [-0.25, -0.2) is 8.78 Å². The zero-order chi connectivity index (χ0) is 39.4. The first-order valence-electron chi connectivity index (χ1n) is 22.4. The number of aryl methyl sites for hydroxylation is 1. The van der Waals surface area contributed by atoms with Gasteiger partial charge in [0.2, 0.25) is 0 Å². The molecule has 8 heterocycles. The van der Waals surface area contributed by atoms with Gasteiger partial charge in [0.05, 0.1) is 10.9 Å². The molecule has 2 aromatic carbocycles. The lowest BCUT2D eigenvalue weighted by atomic mass is 9.83. The van der Waals surface area contributed by atoms with Gasteiger partial charge in [-0.1, -0.05) is 25.1 Å². The number of anilines is 1. The summed E-state index contributed by atoms with van der Waals surface area (Å²) in [6, 6.07) is 10.0. The predicted octanol–water partition coefficient (Wildman–Crippen LogP) is 6.87. The van der Waals surface area contributed by atoms with Crippen molar-refractivity contribution in [3.05, 3.63) is 47.9 Å². The second kappa shape index (κ2) is 16.0. The number of hydrogen-bond donors (Lipinski definition) is 3. The molecule has 6 aliphatic heterocycles. The van der Waals surface area contributed by atoms with Crippen LogP contribution in [0.1, 0.15) is 76.7 Å². The fourth-order valence-electron chi connectivity index (χ4n) is 11.9. The van der Waals surface area contributed by atoms with Crippen LogP contribution in [0.5, 0.6) is 11.8 Å². The molecule has 0 saturated carbocycles. The molecule has 6 fully saturated rings. The number of nitrogens with zero attached hydrogens (tertiary/aromatic N) is 6. The normalized spacial score (nSPS) is 28.6. The Kier molecular flexibility index (Phi) is 10.6. The highest BCUT2D eigenvalue weighted by Gasteiger charge is 2.52. The molecule has 3 N–H and O–H groups in total. The average molecular weight is 795 g/mol. The van der Waals surface area contributed by atoms with Crippen molar-refractivity contribution in [3.63, 3.8) is 0 Å². The van der Waals surface area contributed by atoms with Crippen molar-refractivity contribution in [3.8, 4) is 23.0 Å². The van der Waals surface area contributed by atoms with Crippen LogP contribution in [-0.2, 0) is 6.42 Å². The van der Waals surface area contributed by atoms with Gasteiger partial charge in [0.15, 0.2) is 5.82 Å². The molecule has 6 aliphatic rings. The predicted molar refractivity (Wildman–Crippen MR) is 225 cm³/mol. The maximum absolute atomic E-state index is 17.2. The Hall–Kier alpha value is -3.71. The quantitative estimate of drug-likeness (QED) is 0.149. The maximum Gasteiger partial charge on any atom is 0.319 e. The summed E-state index contributed by atoms with van der Waals surface area (Å²) in [5, 5.41) is 20.2. The standard InChI is InChI=1S/C46H60F2N8O2/c1-2-32-4-3-5-33-19-37(57)20-38(40(32)33)42-41(48)43-39(23-50-42)44(55-26-35-6-7-36(27-55)51-35)53-45(52-43)58-28-46-21-31(24-56(46)25-34(47)22-46)12-17-54-15-10-30(11-16-54)18-29-8-13-49-14-9-29/h3-5,19-20,23,29-31,34-36,49,51,57H,2,6-18,21-22,24-28H2,1H3/t31-,34+,35-,36+,46-/m0/s1. The summed E-state index contributed by atoms with van der Waals surface area (Å²) in [4.78, 5) is 21.7. The fourth-order valence-corrected chi connectivity index (χ4v) is 11.9. The average Bonchev–Trinajstić information content (AvgIpc) is 3.86. The van der Waals surface area contributed by atoms with Crippen LogP contribution in [-0.4, -0.2) is 119 Å². The molecular formula is C46H60F2N8O2. The second-order valence-corrected chi connectivity index (χ2v) is 18.7. The number of piperazine rings is 1. The van der Waals surface area contributed by atoms with E-state index < -0.39 is 17.5 Å². The Morgan fingerprint density at radius 2 is 1.72 bits per heavy atom. The molecule has 0 unspecified atom stereocenters. The number of pyridine rings is 1. The highest BCUT2D eigenvalue weighted by molar-refractivity contribution is 6.01. The van der Waals surface area contributed by atoms with E-state index in [1.807, 2.05) is 18.2 Å². The SMILES string of the molecule is CCc1cccc2cc(O)cc(-c3ncc4c(N5C[C@H]6CC[C@@H](C5)N6)nc(OC[C@]56C[C@@H](F)CN5C[C@@H](CCN5CCC(CC7CCNCC7)CC5)C6)nc4c3F)c12. The summed E-state index contributed by atoms with van der Waals surface area (Å²) in [6.45, 7) is 11.0. The molecule has 5 atom stereocenters. The Labute approximate surface area is 341 Å². The molecule has 0 aliphatic carbocycles. The molecular weight excluding hydrogens is 735 g/mol. The van der Waals surface area contributed by atoms with Gasteiger partial charge in [-0.3, -0.25) is 9.88 Å². The second-order valence-electron chi connectivity index (χ2n) is 18.7. The van der Waals surface area contributed by atoms with Gasteiger partial charge >= 0.3 is 6.01 Å². The van der Waals surface area contributed by atoms with E-state index in [0.29, 0.717) is 47.7 Å². The first-order valence-corrected chi connectivity index (χ1v) is 22.4. The van der Waals surface area contributed by atoms with Crippen LogP contribution in [0.3, 0.4) is 0 Å². The summed E-state index contributed by atoms with van der Waals surface area (Å²) in [7, 11) is 0. The summed E-state index contributed by atoms with van der Waals surface area (Å²) in [6.07, 6.45) is 12.8. The Morgan fingerprint density at radius 3 is 2.52 bits per heavy atom. The summed E-state index contributed by atoms with van der Waals surface area (Å²) in [5.41, 5.74) is 1.43. The van der Waals surface area contributed by atoms with Gasteiger partial charge in [0, 0.05) is 56.4 Å². The van der Waals surface area contributed by atoms with Crippen LogP contribution in [0.25, 0.3) is 32.9 Å². The smallest absolute Gasteiger partial charge is 0.319 e. The Morgan fingerprint density at radius 1 is 0.931 bits per heavy atom. The first kappa shape index (κ1) is 38.5. The minimum Gasteiger partial charge on any atom is -0.508 e. The fraction of sp³-hybridized carbons (Fsp3) is 0.630. The first-order chi connectivity index (χ1) is 28.3. The number of nitrogens with one attached hydrogen (secondary N) is 2. The highest BCUT2D eigenvalue weighted by Crippen LogP contribution is 2.45. The van der Waals surface area contributed by atoms with Crippen LogP contribution in [0.4, 0.5) is 14.6 Å². The maximum atomic E-state index is 17.2. The number of rotatable bonds is 11. The van der Waals surface area contributed by atoms with Crippen molar-refractivity contribution in [2.24, 2.45) is 17.8 Å². The third-order valence-electron chi connectivity index (χ3n) is 14.8. The summed E-state index contributed by atoms with van der Waals surface area (Å²) >= 11 is 0. The van der Waals surface area contributed by atoms with Gasteiger partial charge in [0.1, 0.15) is 35.6 Å². The number of ether oxygens (including phenoxy) is 1. The van der Waals surface area contributed by atoms with Gasteiger partial charge in [-0.2, -0.15) is 9.97 Å². The van der Waals surface area contributed by atoms with Gasteiger partial charge in [-0.15, -0.1) is 0 Å². The van der Waals surface area contributed by atoms with Crippen molar-refractivity contribution in [1.82, 2.24) is 35.4 Å². The van der Waals surface area contributed by atoms with Crippen LogP contribution in [0.2, 0.25) is 0 Å². The number of phenols is 1. The molecule has 10 nitrogen and oxygen atoms in total. The number of alkyl halides is 1. The van der Waals surface area contributed by atoms with Crippen molar-refractivity contribution in [2.45, 2.75) is 101 Å². The number of fused-ring (bicyclic) bond motifs is 5. The molecule has 310 valence electrons. The van der Waals surface area contributed by atoms with Crippen molar-refractivity contribution < 1.29 is 18.6 Å². The van der Waals surface area contributed by atoms with E-state index in [0.717, 1.165) is 86.5 Å². The van der Waals surface area contributed by atoms with Crippen LogP contribution < -0.4 is 20.3 Å². The number of hydrogen-bond acceptors (Lipinski definition) is 10. The molecule has 0 spiro atoms. The third kappa shape index (κ3) is 7.52. The number of halogens is 2. The lowest BCUT2D eigenvalue weighted by Gasteiger charge is -2.35. The van der Waals surface area contributed by atoms with Crippen LogP contribution in [0.15, 0.2) is 36.5 Å². The molecule has 58 heavy (non-hydrogen) atoms. The summed E-state index contributed by atoms with van der Waals surface area (Å²) < 4.78 is 39.0. The summed E-state index contributed by atoms with van der Waals surface area (Å²) in [5.74, 6) is 2.36. The van der Waals surface area contributed by atoms with Gasteiger partial charge in [0.25, 0.3) is 0 Å². The molecule has 6 saturated heterocycles. The topological polar surface area (TPSA) is 102 Å². The van der Waals surface area contributed by atoms with Crippen molar-refractivity contribution >= 4 is 27.5 Å². The molecule has 2 aromatic heterocycles. The number of benzene rings is 2. The number of likely N-dealkylation sites (tertiary alicyclic amines) is 1. The molecule has 12 heteroatoms. The van der Waals surface area contributed by atoms with Crippen molar-refractivity contribution in [2.75, 3.05) is 70.4 Å². The number of phenolic OH excluding ortho intramolecular Hbond substituents is 1. The zero-order valence-electron chi connectivity index (χ0n) is 34.1. The van der Waals surface area contributed by atoms with E-state index in [9.17, 15) is 5.11 Å². The lowest BCUT2D eigenvalue weighted by molar-refractivity contribution is 0.107. The minimum absolute atomic E-state index is 0.0507. The minimum atomic E-state index is -0.899. The van der Waals surface area contributed by atoms with Crippen LogP contribution >= 0.6 is 0 Å². The monoisotopic (exact) mass is 794 g/mol. The number of aromatic nitrogens is 3. The molecule has 0 radical (unpaired) electrons. The van der Waals surface area contributed by atoms with E-state index in [1.54, 1.807) is 18.3 Å². The van der Waals surface area contributed by atoms with Gasteiger partial charge in [-0.05, 0) is 143 Å². The van der Waals surface area contributed by atoms with E-state index in [4.69, 9.17) is 19.7 Å². The van der Waals surface area contributed by atoms with E-state index in [-0.39, 0.29) is 29.6 Å². The molecule has 4 aromatic rings. The largest absolute Gasteiger partial charge is 0.508 e. The Balaban J connectivity index is 0.896. The van der Waals surface area contributed by atoms with Crippen molar-refractivity contribution in [1.29, 1.82) is 0 Å². The van der Waals surface area contributed by atoms with E-state index in [1.165, 1.54) is 58.3 Å². The molecule has 0 amide bonds. The van der Waals surface area contributed by atoms with E-state index >= 15 is 8.78 Å². The Bertz CT molecular complexity index is 2110. The van der Waals surface area contributed by atoms with Gasteiger partial charge < -0.3 is 30.3 Å². The lowest BCUT2D eigenvalue weighted by Crippen LogP contribution is -2.51. The highest BCUT2D eigenvalue weighted by atomic mass is 19.1. The third-order valence-corrected chi connectivity index (χ3v) is 14.8. The number of aromatic hydroxyl groups is 1. The zero-order valence-corrected chi connectivity index (χ0v) is 34.1. The van der Waals surface area contributed by atoms with Crippen LogP contribution in [0, 0.1) is 23.6 Å². The van der Waals surface area contributed by atoms with E-state index in [2.05, 4.69) is 32.3 Å². The molecule has 10 rings (SSSR count). The molecule has 2 bridgehead atoms.